The summed E-state index contributed by atoms with van der Waals surface area (Å²) >= 11 is 0. The average molecular weight is 421 g/mol. The van der Waals surface area contributed by atoms with E-state index in [4.69, 9.17) is 0 Å². The smallest absolute Gasteiger partial charge is 0.356 e. The number of carboxylic acid groups (broad SMARTS) is 1. The minimum absolute atomic E-state index is 0.0879. The van der Waals surface area contributed by atoms with Crippen molar-refractivity contribution >= 4 is 23.6 Å². The Morgan fingerprint density at radius 3 is 2.26 bits per heavy atom. The Labute approximate surface area is 177 Å². The van der Waals surface area contributed by atoms with Crippen molar-refractivity contribution in [2.45, 2.75) is 0 Å². The lowest BCUT2D eigenvalue weighted by Crippen LogP contribution is -2.15. The summed E-state index contributed by atoms with van der Waals surface area (Å²) in [5.41, 5.74) is 2.33. The highest BCUT2D eigenvalue weighted by Crippen LogP contribution is 2.25. The fraction of sp³-hybridized carbons (Fsp3) is 0.0909. The zero-order valence-corrected chi connectivity index (χ0v) is 16.7. The maximum atomic E-state index is 11.9. The largest absolute Gasteiger partial charge is 0.476 e. The van der Waals surface area contributed by atoms with Gasteiger partial charge < -0.3 is 19.9 Å². The van der Waals surface area contributed by atoms with Crippen molar-refractivity contribution in [2.75, 3.05) is 19.5 Å². The average Bonchev–Trinajstić information content (AvgIpc) is 3.25. The van der Waals surface area contributed by atoms with Crippen molar-refractivity contribution in [1.82, 2.24) is 9.78 Å². The molecule has 0 saturated heterocycles. The number of carbonyl (C=O) groups is 3. The molecule has 0 atom stereocenters. The Kier molecular flexibility index (Phi) is 6.46. The molecule has 2 N–H and O–H groups in total. The number of benzene rings is 2. The molecule has 0 bridgehead atoms. The van der Waals surface area contributed by atoms with Gasteiger partial charge in [0.15, 0.2) is 5.69 Å². The molecule has 0 aliphatic carbocycles. The zero-order valence-electron chi connectivity index (χ0n) is 16.7. The van der Waals surface area contributed by atoms with Gasteiger partial charge in [0.2, 0.25) is 0 Å². The van der Waals surface area contributed by atoms with Crippen LogP contribution in [0.4, 0.5) is 5.69 Å². The monoisotopic (exact) mass is 421 g/mol. The molecule has 9 nitrogen and oxygen atoms in total. The fourth-order valence-electron chi connectivity index (χ4n) is 2.77. The van der Waals surface area contributed by atoms with Crippen LogP contribution in [-0.2, 0) is 19.1 Å². The van der Waals surface area contributed by atoms with E-state index in [0.717, 1.165) is 11.6 Å². The van der Waals surface area contributed by atoms with E-state index in [1.54, 1.807) is 24.3 Å². The van der Waals surface area contributed by atoms with Crippen LogP contribution in [0.2, 0.25) is 0 Å². The van der Waals surface area contributed by atoms with Gasteiger partial charge in [-0.1, -0.05) is 30.3 Å². The SMILES string of the molecule is COC(=O)/C=C(/Nc1ccc(-n2nc(C(=O)O)cc2-c2ccccc2)cc1)C(=O)OC. The number of hydrogen-bond donors (Lipinski definition) is 2. The van der Waals surface area contributed by atoms with Crippen LogP contribution in [0.5, 0.6) is 0 Å². The maximum Gasteiger partial charge on any atom is 0.356 e. The fourth-order valence-corrected chi connectivity index (χ4v) is 2.77. The van der Waals surface area contributed by atoms with Crippen molar-refractivity contribution in [1.29, 1.82) is 0 Å². The molecule has 1 aromatic heterocycles. The molecular weight excluding hydrogens is 402 g/mol. The summed E-state index contributed by atoms with van der Waals surface area (Å²) in [6.07, 6.45) is 0.986. The number of aromatic carboxylic acids is 1. The molecule has 0 saturated carbocycles. The minimum Gasteiger partial charge on any atom is -0.476 e. The minimum atomic E-state index is -1.13. The van der Waals surface area contributed by atoms with Gasteiger partial charge in [0.25, 0.3) is 0 Å². The second kappa shape index (κ2) is 9.40. The number of methoxy groups -OCH3 is 2. The van der Waals surface area contributed by atoms with E-state index in [2.05, 4.69) is 19.9 Å². The Bertz CT molecular complexity index is 1130. The molecule has 31 heavy (non-hydrogen) atoms. The second-order valence-corrected chi connectivity index (χ2v) is 6.24. The van der Waals surface area contributed by atoms with E-state index in [1.807, 2.05) is 30.3 Å². The van der Waals surface area contributed by atoms with Gasteiger partial charge in [0.1, 0.15) is 5.70 Å². The highest BCUT2D eigenvalue weighted by molar-refractivity contribution is 5.98. The highest BCUT2D eigenvalue weighted by Gasteiger charge is 2.17. The molecule has 0 aliphatic rings. The van der Waals surface area contributed by atoms with E-state index in [-0.39, 0.29) is 11.4 Å². The predicted octanol–water partition coefficient (Wildman–Crippen LogP) is 2.88. The first-order valence-corrected chi connectivity index (χ1v) is 9.07. The van der Waals surface area contributed by atoms with Crippen molar-refractivity contribution < 1.29 is 29.0 Å². The summed E-state index contributed by atoms with van der Waals surface area (Å²) in [6, 6.07) is 17.5. The van der Waals surface area contributed by atoms with Crippen LogP contribution >= 0.6 is 0 Å². The number of esters is 2. The molecule has 0 unspecified atom stereocenters. The third-order valence-corrected chi connectivity index (χ3v) is 4.26. The molecule has 0 radical (unpaired) electrons. The number of anilines is 1. The van der Waals surface area contributed by atoms with Crippen LogP contribution in [0.3, 0.4) is 0 Å². The van der Waals surface area contributed by atoms with Crippen LogP contribution < -0.4 is 5.32 Å². The normalized spacial score (nSPS) is 11.0. The molecule has 3 rings (SSSR count). The highest BCUT2D eigenvalue weighted by atomic mass is 16.5. The quantitative estimate of drug-likeness (QED) is 0.441. The summed E-state index contributed by atoms with van der Waals surface area (Å²) < 4.78 is 10.7. The Morgan fingerprint density at radius 1 is 1.00 bits per heavy atom. The lowest BCUT2D eigenvalue weighted by Gasteiger charge is -2.11. The van der Waals surface area contributed by atoms with Gasteiger partial charge in [-0.2, -0.15) is 5.10 Å². The lowest BCUT2D eigenvalue weighted by molar-refractivity contribution is -0.138. The van der Waals surface area contributed by atoms with Gasteiger partial charge in [0, 0.05) is 11.3 Å². The number of aromatic nitrogens is 2. The van der Waals surface area contributed by atoms with Gasteiger partial charge >= 0.3 is 17.9 Å². The van der Waals surface area contributed by atoms with E-state index >= 15 is 0 Å². The first-order chi connectivity index (χ1) is 14.9. The molecule has 0 amide bonds. The summed E-state index contributed by atoms with van der Waals surface area (Å²) in [7, 11) is 2.39. The van der Waals surface area contributed by atoms with E-state index in [1.165, 1.54) is 25.0 Å². The third kappa shape index (κ3) is 4.96. The summed E-state index contributed by atoms with van der Waals surface area (Å²) in [5, 5.41) is 16.3. The van der Waals surface area contributed by atoms with E-state index in [0.29, 0.717) is 17.1 Å². The van der Waals surface area contributed by atoms with Crippen molar-refractivity contribution in [3.8, 4) is 16.9 Å². The third-order valence-electron chi connectivity index (χ3n) is 4.26. The summed E-state index contributed by atoms with van der Waals surface area (Å²) in [5.74, 6) is -2.58. The van der Waals surface area contributed by atoms with Gasteiger partial charge in [0.05, 0.1) is 31.7 Å². The van der Waals surface area contributed by atoms with Gasteiger partial charge in [-0.3, -0.25) is 0 Å². The zero-order chi connectivity index (χ0) is 22.4. The molecule has 1 heterocycles. The number of carboxylic acids is 1. The standard InChI is InChI=1S/C22H19N3O6/c1-30-20(26)13-18(22(29)31-2)23-15-8-10-16(11-9-15)25-19(12-17(24-25)21(27)28)14-6-4-3-5-7-14/h3-13,23H,1-2H3,(H,27,28)/b18-13+. The maximum absolute atomic E-state index is 11.9. The molecular formula is C22H19N3O6. The first kappa shape index (κ1) is 21.3. The molecule has 3 aromatic rings. The molecule has 0 fully saturated rings. The Balaban J connectivity index is 1.94. The first-order valence-electron chi connectivity index (χ1n) is 9.07. The van der Waals surface area contributed by atoms with Crippen LogP contribution in [0.25, 0.3) is 16.9 Å². The molecule has 0 spiro atoms. The number of nitrogens with one attached hydrogen (secondary N) is 1. The van der Waals surface area contributed by atoms with Gasteiger partial charge in [-0.05, 0) is 30.3 Å². The predicted molar refractivity (Wildman–Crippen MR) is 112 cm³/mol. The van der Waals surface area contributed by atoms with E-state index < -0.39 is 17.9 Å². The number of ether oxygens (including phenoxy) is 2. The van der Waals surface area contributed by atoms with Crippen LogP contribution in [-0.4, -0.2) is 47.0 Å². The molecule has 158 valence electrons. The van der Waals surface area contributed by atoms with Crippen molar-refractivity contribution in [2.24, 2.45) is 0 Å². The van der Waals surface area contributed by atoms with Crippen LogP contribution in [0.15, 0.2) is 72.4 Å². The molecule has 2 aromatic carbocycles. The number of nitrogens with zero attached hydrogens (tertiary/aromatic N) is 2. The number of carbonyl (C=O) groups excluding carboxylic acids is 2. The summed E-state index contributed by atoms with van der Waals surface area (Å²) in [6.45, 7) is 0. The van der Waals surface area contributed by atoms with Gasteiger partial charge in [-0.15, -0.1) is 0 Å². The number of rotatable bonds is 7. The lowest BCUT2D eigenvalue weighted by atomic mass is 10.1. The Morgan fingerprint density at radius 2 is 1.68 bits per heavy atom. The molecule has 9 heteroatoms. The van der Waals surface area contributed by atoms with Crippen LogP contribution in [0.1, 0.15) is 10.5 Å². The second-order valence-electron chi connectivity index (χ2n) is 6.24. The summed E-state index contributed by atoms with van der Waals surface area (Å²) in [4.78, 5) is 34.8. The topological polar surface area (TPSA) is 120 Å². The molecule has 0 aliphatic heterocycles. The van der Waals surface area contributed by atoms with Gasteiger partial charge in [-0.25, -0.2) is 19.1 Å². The Hall–Kier alpha value is -4.40. The van der Waals surface area contributed by atoms with Crippen molar-refractivity contribution in [3.05, 3.63) is 78.1 Å². The van der Waals surface area contributed by atoms with Crippen LogP contribution in [0, 0.1) is 0 Å². The van der Waals surface area contributed by atoms with Crippen molar-refractivity contribution in [3.63, 3.8) is 0 Å². The number of hydrogen-bond acceptors (Lipinski definition) is 7. The van der Waals surface area contributed by atoms with E-state index in [9.17, 15) is 19.5 Å².